The molecule has 0 atom stereocenters. The molecule has 0 unspecified atom stereocenters. The molecule has 1 amide bonds. The highest BCUT2D eigenvalue weighted by atomic mass is 79.9. The fourth-order valence-corrected chi connectivity index (χ4v) is 2.82. The van der Waals surface area contributed by atoms with Crippen molar-refractivity contribution in [3.8, 4) is 0 Å². The van der Waals surface area contributed by atoms with Crippen molar-refractivity contribution >= 4 is 27.5 Å². The number of likely N-dealkylation sites (tertiary alicyclic amines) is 1. The molecular formula is C15H21BrN2O. The monoisotopic (exact) mass is 324 g/mol. The molecular weight excluding hydrogens is 304 g/mol. The molecule has 1 aliphatic heterocycles. The molecule has 1 fully saturated rings. The van der Waals surface area contributed by atoms with Crippen molar-refractivity contribution in [1.29, 1.82) is 0 Å². The quantitative estimate of drug-likeness (QED) is 0.810. The lowest BCUT2D eigenvalue weighted by atomic mass is 10.2. The summed E-state index contributed by atoms with van der Waals surface area (Å²) in [6, 6.07) is 7.70. The number of anilines is 1. The molecule has 104 valence electrons. The highest BCUT2D eigenvalue weighted by Crippen LogP contribution is 2.16. The van der Waals surface area contributed by atoms with Crippen molar-refractivity contribution in [2.45, 2.75) is 32.1 Å². The molecule has 1 N–H and O–H groups in total. The first-order chi connectivity index (χ1) is 9.24. The maximum Gasteiger partial charge on any atom is 0.224 e. The Balaban J connectivity index is 1.61. The van der Waals surface area contributed by atoms with Crippen LogP contribution < -0.4 is 5.32 Å². The van der Waals surface area contributed by atoms with Crippen LogP contribution >= 0.6 is 15.9 Å². The van der Waals surface area contributed by atoms with E-state index in [1.165, 1.54) is 25.9 Å². The van der Waals surface area contributed by atoms with Gasteiger partial charge in [-0.05, 0) is 63.5 Å². The third-order valence-corrected chi connectivity index (χ3v) is 3.93. The van der Waals surface area contributed by atoms with Gasteiger partial charge in [-0.1, -0.05) is 22.0 Å². The minimum Gasteiger partial charge on any atom is -0.326 e. The largest absolute Gasteiger partial charge is 0.326 e. The van der Waals surface area contributed by atoms with Crippen molar-refractivity contribution in [2.75, 3.05) is 25.0 Å². The first kappa shape index (κ1) is 14.5. The minimum atomic E-state index is 0.111. The number of hydrogen-bond acceptors (Lipinski definition) is 2. The molecule has 3 nitrogen and oxygen atoms in total. The first-order valence-corrected chi connectivity index (χ1v) is 7.81. The fourth-order valence-electron chi connectivity index (χ4n) is 2.42. The summed E-state index contributed by atoms with van der Waals surface area (Å²) < 4.78 is 0.985. The molecule has 1 aromatic rings. The number of nitrogens with one attached hydrogen (secondary N) is 1. The zero-order valence-electron chi connectivity index (χ0n) is 11.2. The van der Waals surface area contributed by atoms with Gasteiger partial charge in [0.05, 0.1) is 0 Å². The molecule has 0 bridgehead atoms. The van der Waals surface area contributed by atoms with Crippen LogP contribution in [0.3, 0.4) is 0 Å². The molecule has 1 aromatic carbocycles. The Morgan fingerprint density at radius 1 is 1.26 bits per heavy atom. The summed E-state index contributed by atoms with van der Waals surface area (Å²) in [4.78, 5) is 14.3. The van der Waals surface area contributed by atoms with E-state index in [0.29, 0.717) is 6.42 Å². The lowest BCUT2D eigenvalue weighted by Crippen LogP contribution is -2.20. The number of carbonyl (C=O) groups is 1. The van der Waals surface area contributed by atoms with Gasteiger partial charge >= 0.3 is 0 Å². The molecule has 0 aromatic heterocycles. The van der Waals surface area contributed by atoms with Crippen molar-refractivity contribution in [3.63, 3.8) is 0 Å². The van der Waals surface area contributed by atoms with Crippen LogP contribution in [0.1, 0.15) is 32.1 Å². The van der Waals surface area contributed by atoms with Crippen LogP contribution in [0, 0.1) is 0 Å². The standard InChI is InChI=1S/C15H21BrN2O/c16-13-6-5-7-14(12-13)17-15(19)8-1-2-9-18-10-3-4-11-18/h5-7,12H,1-4,8-11H2,(H,17,19). The van der Waals surface area contributed by atoms with Crippen LogP contribution in [0.25, 0.3) is 0 Å². The third-order valence-electron chi connectivity index (χ3n) is 3.44. The molecule has 0 saturated carbocycles. The van der Waals surface area contributed by atoms with E-state index in [1.807, 2.05) is 24.3 Å². The maximum atomic E-state index is 11.8. The Labute approximate surface area is 123 Å². The van der Waals surface area contributed by atoms with Crippen molar-refractivity contribution in [1.82, 2.24) is 4.90 Å². The lowest BCUT2D eigenvalue weighted by Gasteiger charge is -2.13. The summed E-state index contributed by atoms with van der Waals surface area (Å²) in [7, 11) is 0. The van der Waals surface area contributed by atoms with Gasteiger partial charge in [-0.3, -0.25) is 4.79 Å². The molecule has 1 aliphatic rings. The van der Waals surface area contributed by atoms with Gasteiger partial charge < -0.3 is 10.2 Å². The van der Waals surface area contributed by atoms with Crippen LogP contribution in [-0.2, 0) is 4.79 Å². The molecule has 1 heterocycles. The average Bonchev–Trinajstić information content (AvgIpc) is 2.88. The number of carbonyl (C=O) groups excluding carboxylic acids is 1. The van der Waals surface area contributed by atoms with Crippen LogP contribution in [0.5, 0.6) is 0 Å². The smallest absolute Gasteiger partial charge is 0.224 e. The number of rotatable bonds is 6. The Hall–Kier alpha value is -0.870. The predicted molar refractivity (Wildman–Crippen MR) is 82.3 cm³/mol. The van der Waals surface area contributed by atoms with Crippen molar-refractivity contribution in [2.24, 2.45) is 0 Å². The SMILES string of the molecule is O=C(CCCCN1CCCC1)Nc1cccc(Br)c1. The normalized spacial score (nSPS) is 15.6. The van der Waals surface area contributed by atoms with Gasteiger partial charge in [-0.25, -0.2) is 0 Å². The number of nitrogens with zero attached hydrogens (tertiary/aromatic N) is 1. The summed E-state index contributed by atoms with van der Waals surface area (Å²) in [5.41, 5.74) is 0.860. The summed E-state index contributed by atoms with van der Waals surface area (Å²) in [5.74, 6) is 0.111. The van der Waals surface area contributed by atoms with Crippen LogP contribution in [0.15, 0.2) is 28.7 Å². The zero-order valence-corrected chi connectivity index (χ0v) is 12.8. The van der Waals surface area contributed by atoms with E-state index in [0.717, 1.165) is 29.5 Å². The lowest BCUT2D eigenvalue weighted by molar-refractivity contribution is -0.116. The van der Waals surface area contributed by atoms with Gasteiger partial charge in [0, 0.05) is 16.6 Å². The summed E-state index contributed by atoms with van der Waals surface area (Å²) in [5, 5.41) is 2.93. The molecule has 4 heteroatoms. The van der Waals surface area contributed by atoms with Crippen LogP contribution in [0.4, 0.5) is 5.69 Å². The van der Waals surface area contributed by atoms with E-state index < -0.39 is 0 Å². The number of unbranched alkanes of at least 4 members (excludes halogenated alkanes) is 1. The van der Waals surface area contributed by atoms with Gasteiger partial charge in [0.2, 0.25) is 5.91 Å². The van der Waals surface area contributed by atoms with E-state index in [2.05, 4.69) is 26.1 Å². The summed E-state index contributed by atoms with van der Waals surface area (Å²) >= 11 is 3.40. The van der Waals surface area contributed by atoms with E-state index in [1.54, 1.807) is 0 Å². The number of benzene rings is 1. The van der Waals surface area contributed by atoms with Crippen LogP contribution in [-0.4, -0.2) is 30.4 Å². The minimum absolute atomic E-state index is 0.111. The molecule has 0 aliphatic carbocycles. The average molecular weight is 325 g/mol. The molecule has 0 radical (unpaired) electrons. The number of hydrogen-bond donors (Lipinski definition) is 1. The summed E-state index contributed by atoms with van der Waals surface area (Å²) in [6.07, 6.45) is 5.37. The van der Waals surface area contributed by atoms with Crippen molar-refractivity contribution in [3.05, 3.63) is 28.7 Å². The van der Waals surface area contributed by atoms with E-state index in [4.69, 9.17) is 0 Å². The molecule has 1 saturated heterocycles. The Kier molecular flexibility index (Phi) is 5.86. The highest BCUT2D eigenvalue weighted by Gasteiger charge is 2.10. The molecule has 0 spiro atoms. The fraction of sp³-hybridized carbons (Fsp3) is 0.533. The first-order valence-electron chi connectivity index (χ1n) is 7.02. The molecule has 19 heavy (non-hydrogen) atoms. The Morgan fingerprint density at radius 3 is 2.79 bits per heavy atom. The topological polar surface area (TPSA) is 32.3 Å². The van der Waals surface area contributed by atoms with Gasteiger partial charge in [0.25, 0.3) is 0 Å². The van der Waals surface area contributed by atoms with Gasteiger partial charge in [-0.15, -0.1) is 0 Å². The van der Waals surface area contributed by atoms with Crippen LogP contribution in [0.2, 0.25) is 0 Å². The third kappa shape index (κ3) is 5.33. The van der Waals surface area contributed by atoms with Gasteiger partial charge in [-0.2, -0.15) is 0 Å². The number of halogens is 1. The second-order valence-corrected chi connectivity index (χ2v) is 5.98. The highest BCUT2D eigenvalue weighted by molar-refractivity contribution is 9.10. The maximum absolute atomic E-state index is 11.8. The second kappa shape index (κ2) is 7.65. The summed E-state index contributed by atoms with van der Waals surface area (Å²) in [6.45, 7) is 3.62. The van der Waals surface area contributed by atoms with E-state index in [-0.39, 0.29) is 5.91 Å². The Morgan fingerprint density at radius 2 is 2.05 bits per heavy atom. The Bertz CT molecular complexity index is 416. The van der Waals surface area contributed by atoms with E-state index >= 15 is 0 Å². The van der Waals surface area contributed by atoms with E-state index in [9.17, 15) is 4.79 Å². The number of amides is 1. The molecule has 2 rings (SSSR count). The van der Waals surface area contributed by atoms with Crippen molar-refractivity contribution < 1.29 is 4.79 Å². The predicted octanol–water partition coefficient (Wildman–Crippen LogP) is 3.65. The zero-order chi connectivity index (χ0) is 13.5. The van der Waals surface area contributed by atoms with Gasteiger partial charge in [0.1, 0.15) is 0 Å². The van der Waals surface area contributed by atoms with Gasteiger partial charge in [0.15, 0.2) is 0 Å². The second-order valence-electron chi connectivity index (χ2n) is 5.06.